The molecule has 0 heterocycles. The van der Waals surface area contributed by atoms with E-state index >= 15 is 0 Å². The molecule has 0 rings (SSSR count). The highest BCUT2D eigenvalue weighted by Gasteiger charge is 2.39. The van der Waals surface area contributed by atoms with Crippen LogP contribution < -0.4 is 0 Å². The topological polar surface area (TPSA) is 53.7 Å². The first kappa shape index (κ1) is 12.5. The molecule has 0 spiro atoms. The van der Waals surface area contributed by atoms with E-state index in [1.165, 1.54) is 6.92 Å². The smallest absolute Gasteiger partial charge is 0.342 e. The minimum atomic E-state index is -1.32. The zero-order valence-electron chi connectivity index (χ0n) is 8.37. The van der Waals surface area contributed by atoms with Crippen molar-refractivity contribution in [3.8, 4) is 18.4 Å². The van der Waals surface area contributed by atoms with Gasteiger partial charge in [-0.15, -0.1) is 12.3 Å². The zero-order valence-corrected chi connectivity index (χ0v) is 8.37. The number of hydrogen-bond acceptors (Lipinski definition) is 3. The number of terminal acetylenes is 1. The lowest BCUT2D eigenvalue weighted by molar-refractivity contribution is -0.135. The monoisotopic (exact) mass is 195 g/mol. The summed E-state index contributed by atoms with van der Waals surface area (Å²) >= 11 is 0. The average molecular weight is 195 g/mol. The van der Waals surface area contributed by atoms with Crippen LogP contribution >= 0.6 is 0 Å². The second-order valence-corrected chi connectivity index (χ2v) is 2.74. The quantitative estimate of drug-likeness (QED) is 0.380. The Labute approximate surface area is 83.6 Å². The summed E-state index contributed by atoms with van der Waals surface area (Å²) in [4.78, 5) is 11.2. The first-order valence-corrected chi connectivity index (χ1v) is 4.31. The highest BCUT2D eigenvalue weighted by Crippen LogP contribution is 2.17. The Kier molecular flexibility index (Phi) is 5.36. The molecule has 0 aliphatic rings. The van der Waals surface area contributed by atoms with Gasteiger partial charge >= 0.3 is 6.07 Å². The lowest BCUT2D eigenvalue weighted by Crippen LogP contribution is -2.38. The van der Waals surface area contributed by atoms with Crippen molar-refractivity contribution in [3.63, 3.8) is 0 Å². The summed E-state index contributed by atoms with van der Waals surface area (Å²) < 4.78 is 5.22. The number of carbonyl (C=O) groups excluding carboxylic acids is 1. The molecule has 4 heteroatoms. The van der Waals surface area contributed by atoms with E-state index in [-0.39, 0.29) is 12.4 Å². The molecule has 0 aromatic heterocycles. The molecule has 0 aromatic rings. The van der Waals surface area contributed by atoms with Crippen LogP contribution in [-0.2, 0) is 9.53 Å². The van der Waals surface area contributed by atoms with Crippen molar-refractivity contribution in [2.75, 3.05) is 6.61 Å². The fourth-order valence-electron chi connectivity index (χ4n) is 1.00. The normalized spacial score (nSPS) is 13.2. The fourth-order valence-corrected chi connectivity index (χ4v) is 1.00. The first-order valence-electron chi connectivity index (χ1n) is 4.31. The van der Waals surface area contributed by atoms with Gasteiger partial charge in [0.25, 0.3) is 5.60 Å². The van der Waals surface area contributed by atoms with Crippen LogP contribution in [0.2, 0.25) is 0 Å². The SMILES string of the molecule is C#CCCOC(C#[N+][O-])(CC)C(C)=O. The highest BCUT2D eigenvalue weighted by atomic mass is 16.5. The molecule has 0 aliphatic carbocycles. The molecule has 0 aromatic carbocycles. The van der Waals surface area contributed by atoms with Gasteiger partial charge in [-0.25, -0.2) is 0 Å². The maximum atomic E-state index is 11.2. The predicted molar refractivity (Wildman–Crippen MR) is 53.7 cm³/mol. The Morgan fingerprint density at radius 1 is 1.71 bits per heavy atom. The number of nitrogens with zero attached hydrogens (tertiary/aromatic N) is 1. The minimum absolute atomic E-state index is 0.215. The van der Waals surface area contributed by atoms with Crippen molar-refractivity contribution < 1.29 is 9.53 Å². The minimum Gasteiger partial charge on any atom is -0.498 e. The van der Waals surface area contributed by atoms with E-state index in [1.54, 1.807) is 6.92 Å². The molecule has 0 aliphatic heterocycles. The van der Waals surface area contributed by atoms with Gasteiger partial charge in [0.2, 0.25) is 0 Å². The summed E-state index contributed by atoms with van der Waals surface area (Å²) in [6.07, 6.45) is 5.73. The third kappa shape index (κ3) is 3.08. The van der Waals surface area contributed by atoms with Crippen LogP contribution in [0.25, 0.3) is 5.01 Å². The van der Waals surface area contributed by atoms with Gasteiger partial charge in [0, 0.05) is 11.4 Å². The molecule has 0 saturated carbocycles. The van der Waals surface area contributed by atoms with Crippen LogP contribution in [0.1, 0.15) is 26.7 Å². The summed E-state index contributed by atoms with van der Waals surface area (Å²) in [5.41, 5.74) is -1.32. The van der Waals surface area contributed by atoms with E-state index in [4.69, 9.17) is 11.2 Å². The van der Waals surface area contributed by atoms with Crippen LogP contribution in [0.15, 0.2) is 0 Å². The van der Waals surface area contributed by atoms with Crippen molar-refractivity contribution in [1.82, 2.24) is 0 Å². The summed E-state index contributed by atoms with van der Waals surface area (Å²) in [5.74, 6) is 2.08. The summed E-state index contributed by atoms with van der Waals surface area (Å²) in [6.45, 7) is 3.26. The maximum Gasteiger partial charge on any atom is 0.342 e. The second kappa shape index (κ2) is 6.01. The maximum absolute atomic E-state index is 11.2. The summed E-state index contributed by atoms with van der Waals surface area (Å²) in [7, 11) is 0. The molecule has 0 saturated heterocycles. The van der Waals surface area contributed by atoms with Crippen LogP contribution in [0, 0.1) is 23.6 Å². The van der Waals surface area contributed by atoms with Gasteiger partial charge in [0.1, 0.15) is 0 Å². The molecular weight excluding hydrogens is 182 g/mol. The lowest BCUT2D eigenvalue weighted by Gasteiger charge is -2.18. The molecule has 0 radical (unpaired) electrons. The molecule has 1 unspecified atom stereocenters. The zero-order chi connectivity index (χ0) is 11.0. The predicted octanol–water partition coefficient (Wildman–Crippen LogP) is 1.59. The third-order valence-electron chi connectivity index (χ3n) is 1.89. The van der Waals surface area contributed by atoms with Gasteiger partial charge in [0.15, 0.2) is 5.78 Å². The molecule has 0 N–H and O–H groups in total. The largest absolute Gasteiger partial charge is 0.498 e. The van der Waals surface area contributed by atoms with Crippen LogP contribution in [-0.4, -0.2) is 18.0 Å². The van der Waals surface area contributed by atoms with E-state index in [0.717, 1.165) is 0 Å². The van der Waals surface area contributed by atoms with Crippen molar-refractivity contribution in [2.24, 2.45) is 0 Å². The van der Waals surface area contributed by atoms with Gasteiger partial charge in [-0.05, 0) is 13.3 Å². The summed E-state index contributed by atoms with van der Waals surface area (Å²) in [6, 6.07) is 2.13. The van der Waals surface area contributed by atoms with Crippen LogP contribution in [0.4, 0.5) is 0 Å². The van der Waals surface area contributed by atoms with Gasteiger partial charge in [-0.2, -0.15) is 0 Å². The Hall–Kier alpha value is -1.52. The number of hydrogen-bond donors (Lipinski definition) is 0. The molecule has 0 amide bonds. The highest BCUT2D eigenvalue weighted by molar-refractivity contribution is 5.88. The third-order valence-corrected chi connectivity index (χ3v) is 1.89. The Morgan fingerprint density at radius 3 is 2.71 bits per heavy atom. The molecule has 1 atom stereocenters. The molecule has 0 bridgehead atoms. The second-order valence-electron chi connectivity index (χ2n) is 2.74. The van der Waals surface area contributed by atoms with E-state index in [1.807, 2.05) is 0 Å². The number of Topliss-reactive ketones (excluding diaryl/α,β-unsaturated/α-hetero) is 1. The van der Waals surface area contributed by atoms with E-state index in [9.17, 15) is 10.0 Å². The number of ketones is 1. The average Bonchev–Trinajstić information content (AvgIpc) is 2.16. The Balaban J connectivity index is 4.58. The Morgan fingerprint density at radius 2 is 2.36 bits per heavy atom. The molecule has 76 valence electrons. The number of rotatable bonds is 5. The lowest BCUT2D eigenvalue weighted by atomic mass is 9.98. The van der Waals surface area contributed by atoms with E-state index in [2.05, 4.69) is 17.0 Å². The number of carbonyl (C=O) groups is 1. The first-order chi connectivity index (χ1) is 6.63. The van der Waals surface area contributed by atoms with Crippen molar-refractivity contribution in [3.05, 3.63) is 10.2 Å². The standard InChI is InChI=1S/C10H13NO3/c1-4-6-7-14-10(5-2,8-11-13)9(3)12/h1H,5-7H2,2-3H3. The van der Waals surface area contributed by atoms with Gasteiger partial charge in [0.05, 0.1) is 6.61 Å². The fraction of sp³-hybridized carbons (Fsp3) is 0.600. The van der Waals surface area contributed by atoms with E-state index < -0.39 is 5.60 Å². The molecular formula is C10H13NO3. The summed E-state index contributed by atoms with van der Waals surface area (Å²) in [5, 5.41) is 12.6. The van der Waals surface area contributed by atoms with Gasteiger partial charge < -0.3 is 9.94 Å². The van der Waals surface area contributed by atoms with Crippen LogP contribution in [0.3, 0.4) is 0 Å². The number of ether oxygens (including phenoxy) is 1. The molecule has 4 nitrogen and oxygen atoms in total. The molecule has 0 fully saturated rings. The Bertz CT molecular complexity index is 295. The van der Waals surface area contributed by atoms with E-state index in [0.29, 0.717) is 12.8 Å². The van der Waals surface area contributed by atoms with Crippen LogP contribution in [0.5, 0.6) is 0 Å². The van der Waals surface area contributed by atoms with Gasteiger partial charge in [-0.1, -0.05) is 6.92 Å². The van der Waals surface area contributed by atoms with Crippen molar-refractivity contribution >= 4 is 5.78 Å². The van der Waals surface area contributed by atoms with Gasteiger partial charge in [-0.3, -0.25) is 4.79 Å². The van der Waals surface area contributed by atoms with Crippen molar-refractivity contribution in [1.29, 1.82) is 0 Å². The van der Waals surface area contributed by atoms with Crippen molar-refractivity contribution in [2.45, 2.75) is 32.3 Å². The molecule has 14 heavy (non-hydrogen) atoms.